The number of nitrogens with zero attached hydrogens (tertiary/aromatic N) is 3. The van der Waals surface area contributed by atoms with Gasteiger partial charge in [-0.25, -0.2) is 0 Å². The van der Waals surface area contributed by atoms with Crippen molar-refractivity contribution in [1.29, 1.82) is 0 Å². The first-order valence-electron chi connectivity index (χ1n) is 9.52. The van der Waals surface area contributed by atoms with E-state index in [1.807, 2.05) is 31.2 Å². The van der Waals surface area contributed by atoms with Crippen LogP contribution < -0.4 is 4.74 Å². The van der Waals surface area contributed by atoms with Crippen molar-refractivity contribution < 1.29 is 13.9 Å². The number of fused-ring (bicyclic) bond motifs is 1. The summed E-state index contributed by atoms with van der Waals surface area (Å²) < 4.78 is 13.0. The Balaban J connectivity index is 1.61. The van der Waals surface area contributed by atoms with Crippen LogP contribution in [0, 0.1) is 13.8 Å². The first-order valence-corrected chi connectivity index (χ1v) is 9.89. The van der Waals surface area contributed by atoms with Crippen LogP contribution in [0.5, 0.6) is 5.75 Å². The van der Waals surface area contributed by atoms with Gasteiger partial charge in [-0.05, 0) is 67.4 Å². The van der Waals surface area contributed by atoms with Crippen molar-refractivity contribution in [3.63, 3.8) is 0 Å². The fourth-order valence-corrected chi connectivity index (χ4v) is 3.93. The molecule has 0 N–H and O–H groups in total. The second kappa shape index (κ2) is 7.88. The summed E-state index contributed by atoms with van der Waals surface area (Å²) in [6.45, 7) is 4.57. The molecule has 4 rings (SSSR count). The number of benzene rings is 2. The Hall–Kier alpha value is -3.25. The van der Waals surface area contributed by atoms with Crippen LogP contribution >= 0.6 is 11.6 Å². The molecule has 7 heteroatoms. The van der Waals surface area contributed by atoms with E-state index in [-0.39, 0.29) is 11.3 Å². The SMILES string of the molecule is COc1ccccc1-n1c(C)cc(CN(C)C(=O)c2ccc3nc(Cl)oc3c2)c1C. The Kier molecular flexibility index (Phi) is 5.26. The van der Waals surface area contributed by atoms with Crippen molar-refractivity contribution in [3.8, 4) is 11.4 Å². The molecule has 0 saturated heterocycles. The number of carbonyl (C=O) groups is 1. The highest BCUT2D eigenvalue weighted by Gasteiger charge is 2.19. The number of amides is 1. The predicted octanol–water partition coefficient (Wildman–Crippen LogP) is 5.17. The van der Waals surface area contributed by atoms with Gasteiger partial charge in [0.05, 0.1) is 12.8 Å². The number of ether oxygens (including phenoxy) is 1. The second-order valence-corrected chi connectivity index (χ2v) is 7.54. The van der Waals surface area contributed by atoms with E-state index in [2.05, 4.69) is 22.5 Å². The predicted molar refractivity (Wildman–Crippen MR) is 117 cm³/mol. The van der Waals surface area contributed by atoms with Crippen LogP contribution in [0.15, 0.2) is 52.9 Å². The quantitative estimate of drug-likeness (QED) is 0.444. The molecule has 0 aliphatic rings. The van der Waals surface area contributed by atoms with E-state index in [4.69, 9.17) is 20.8 Å². The number of hydrogen-bond donors (Lipinski definition) is 0. The summed E-state index contributed by atoms with van der Waals surface area (Å²) in [6.07, 6.45) is 0. The fourth-order valence-electron chi connectivity index (χ4n) is 3.75. The van der Waals surface area contributed by atoms with Gasteiger partial charge < -0.3 is 18.6 Å². The van der Waals surface area contributed by atoms with Crippen LogP contribution in [0.25, 0.3) is 16.8 Å². The topological polar surface area (TPSA) is 60.5 Å². The van der Waals surface area contributed by atoms with E-state index in [1.54, 1.807) is 37.3 Å². The Morgan fingerprint density at radius 2 is 1.97 bits per heavy atom. The number of halogens is 1. The summed E-state index contributed by atoms with van der Waals surface area (Å²) in [4.78, 5) is 18.7. The van der Waals surface area contributed by atoms with Gasteiger partial charge in [0.15, 0.2) is 5.58 Å². The van der Waals surface area contributed by atoms with Gasteiger partial charge in [0.2, 0.25) is 0 Å². The van der Waals surface area contributed by atoms with E-state index < -0.39 is 0 Å². The summed E-state index contributed by atoms with van der Waals surface area (Å²) in [6, 6.07) is 15.1. The maximum Gasteiger partial charge on any atom is 0.293 e. The number of carbonyl (C=O) groups excluding carboxylic acids is 1. The highest BCUT2D eigenvalue weighted by molar-refractivity contribution is 6.28. The average molecular weight is 424 g/mol. The molecule has 154 valence electrons. The summed E-state index contributed by atoms with van der Waals surface area (Å²) in [7, 11) is 3.45. The third kappa shape index (κ3) is 3.55. The number of methoxy groups -OCH3 is 1. The Morgan fingerprint density at radius 1 is 1.20 bits per heavy atom. The smallest absolute Gasteiger partial charge is 0.293 e. The molecular weight excluding hydrogens is 402 g/mol. The minimum absolute atomic E-state index is 0.0618. The molecule has 2 aromatic heterocycles. The highest BCUT2D eigenvalue weighted by atomic mass is 35.5. The molecular formula is C23H22ClN3O3. The van der Waals surface area contributed by atoms with Gasteiger partial charge in [0.25, 0.3) is 11.3 Å². The van der Waals surface area contributed by atoms with Crippen molar-refractivity contribution >= 4 is 28.6 Å². The van der Waals surface area contributed by atoms with Crippen LogP contribution in [0.1, 0.15) is 27.3 Å². The molecule has 0 aliphatic carbocycles. The van der Waals surface area contributed by atoms with Gasteiger partial charge in [0.1, 0.15) is 11.3 Å². The lowest BCUT2D eigenvalue weighted by atomic mass is 10.1. The zero-order chi connectivity index (χ0) is 21.4. The fraction of sp³-hybridized carbons (Fsp3) is 0.217. The minimum atomic E-state index is -0.105. The highest BCUT2D eigenvalue weighted by Crippen LogP contribution is 2.28. The molecule has 1 amide bonds. The average Bonchev–Trinajstić information content (AvgIpc) is 3.24. The Morgan fingerprint density at radius 3 is 2.73 bits per heavy atom. The third-order valence-electron chi connectivity index (χ3n) is 5.23. The Labute approximate surface area is 179 Å². The second-order valence-electron chi connectivity index (χ2n) is 7.21. The first-order chi connectivity index (χ1) is 14.4. The number of hydrogen-bond acceptors (Lipinski definition) is 4. The van der Waals surface area contributed by atoms with Gasteiger partial charge in [-0.15, -0.1) is 0 Å². The number of aromatic nitrogens is 2. The molecule has 0 spiro atoms. The first kappa shape index (κ1) is 20.0. The molecule has 0 bridgehead atoms. The van der Waals surface area contributed by atoms with Gasteiger partial charge in [-0.1, -0.05) is 12.1 Å². The van der Waals surface area contributed by atoms with E-state index in [0.717, 1.165) is 28.4 Å². The zero-order valence-corrected chi connectivity index (χ0v) is 18.0. The lowest BCUT2D eigenvalue weighted by Gasteiger charge is -2.18. The van der Waals surface area contributed by atoms with E-state index in [9.17, 15) is 4.79 Å². The molecule has 0 radical (unpaired) electrons. The molecule has 4 aromatic rings. The van der Waals surface area contributed by atoms with Gasteiger partial charge >= 0.3 is 0 Å². The minimum Gasteiger partial charge on any atom is -0.495 e. The lowest BCUT2D eigenvalue weighted by Crippen LogP contribution is -2.26. The molecule has 30 heavy (non-hydrogen) atoms. The third-order valence-corrected chi connectivity index (χ3v) is 5.39. The largest absolute Gasteiger partial charge is 0.495 e. The van der Waals surface area contributed by atoms with Crippen molar-refractivity contribution in [2.24, 2.45) is 0 Å². The summed E-state index contributed by atoms with van der Waals surface area (Å²) >= 11 is 5.81. The maximum atomic E-state index is 13.0. The number of aryl methyl sites for hydroxylation is 1. The van der Waals surface area contributed by atoms with Crippen LogP contribution in [0.3, 0.4) is 0 Å². The summed E-state index contributed by atoms with van der Waals surface area (Å²) in [5.74, 6) is 0.695. The summed E-state index contributed by atoms with van der Waals surface area (Å²) in [5, 5.41) is 0.0618. The number of para-hydroxylation sites is 2. The normalized spacial score (nSPS) is 11.1. The molecule has 0 unspecified atom stereocenters. The molecule has 0 aliphatic heterocycles. The van der Waals surface area contributed by atoms with Crippen LogP contribution in [0.2, 0.25) is 5.35 Å². The maximum absolute atomic E-state index is 13.0. The van der Waals surface area contributed by atoms with Crippen molar-refractivity contribution in [2.45, 2.75) is 20.4 Å². The molecule has 0 saturated carbocycles. The van der Waals surface area contributed by atoms with E-state index >= 15 is 0 Å². The van der Waals surface area contributed by atoms with Crippen LogP contribution in [-0.2, 0) is 6.54 Å². The van der Waals surface area contributed by atoms with Crippen molar-refractivity contribution in [3.05, 3.63) is 76.4 Å². The zero-order valence-electron chi connectivity index (χ0n) is 17.3. The van der Waals surface area contributed by atoms with Gasteiger partial charge in [0, 0.05) is 30.5 Å². The van der Waals surface area contributed by atoms with Crippen LogP contribution in [0.4, 0.5) is 0 Å². The van der Waals surface area contributed by atoms with Crippen molar-refractivity contribution in [1.82, 2.24) is 14.5 Å². The van der Waals surface area contributed by atoms with Gasteiger partial charge in [-0.2, -0.15) is 4.98 Å². The molecule has 2 heterocycles. The standard InChI is InChI=1S/C23H22ClN3O3/c1-14-11-17(15(2)27(14)19-7-5-6-8-20(19)29-4)13-26(3)22(28)16-9-10-18-21(12-16)30-23(24)25-18/h5-12H,13H2,1-4H3. The van der Waals surface area contributed by atoms with E-state index in [0.29, 0.717) is 23.2 Å². The molecule has 0 atom stereocenters. The summed E-state index contributed by atoms with van der Waals surface area (Å²) in [5.41, 5.74) is 5.82. The van der Waals surface area contributed by atoms with Crippen LogP contribution in [-0.4, -0.2) is 34.5 Å². The molecule has 6 nitrogen and oxygen atoms in total. The van der Waals surface area contributed by atoms with Gasteiger partial charge in [-0.3, -0.25) is 4.79 Å². The molecule has 0 fully saturated rings. The lowest BCUT2D eigenvalue weighted by molar-refractivity contribution is 0.0785. The number of oxazole rings is 1. The van der Waals surface area contributed by atoms with Crippen molar-refractivity contribution in [2.75, 3.05) is 14.2 Å². The van der Waals surface area contributed by atoms with E-state index in [1.165, 1.54) is 0 Å². The number of rotatable bonds is 5. The Bertz CT molecular complexity index is 1240. The molecule has 2 aromatic carbocycles. The monoisotopic (exact) mass is 423 g/mol.